The Balaban J connectivity index is 2.41. The summed E-state index contributed by atoms with van der Waals surface area (Å²) in [6.07, 6.45) is 0. The number of nitrogens with zero attached hydrogens (tertiary/aromatic N) is 1. The predicted octanol–water partition coefficient (Wildman–Crippen LogP) is 3.84. The summed E-state index contributed by atoms with van der Waals surface area (Å²) in [5.41, 5.74) is -0.594. The van der Waals surface area contributed by atoms with E-state index in [0.717, 1.165) is 24.3 Å². The molecule has 2 aromatic carbocycles. The van der Waals surface area contributed by atoms with Crippen molar-refractivity contribution in [3.63, 3.8) is 0 Å². The molecule has 0 saturated carbocycles. The van der Waals surface area contributed by atoms with Gasteiger partial charge in [0.25, 0.3) is 15.7 Å². The molecule has 10 heteroatoms. The smallest absolute Gasteiger partial charge is 0.279 e. The average molecular weight is 365 g/mol. The summed E-state index contributed by atoms with van der Waals surface area (Å²) in [5, 5.41) is 10.7. The number of nitrogens with one attached hydrogen (secondary N) is 1. The number of rotatable bonds is 4. The first-order valence-electron chi connectivity index (χ1n) is 5.62. The highest BCUT2D eigenvalue weighted by Gasteiger charge is 2.21. The molecule has 0 bridgehead atoms. The molecular formula is C12H7Cl2FN2O4S. The van der Waals surface area contributed by atoms with Crippen molar-refractivity contribution < 1.29 is 17.7 Å². The minimum atomic E-state index is -4.27. The SMILES string of the molecule is O=[N+]([O-])c1cc(NS(=O)(=O)c2ccc(Cl)cc2F)ccc1Cl. The number of nitro benzene ring substituents is 1. The summed E-state index contributed by atoms with van der Waals surface area (Å²) in [4.78, 5) is 9.38. The first-order valence-corrected chi connectivity index (χ1v) is 7.86. The predicted molar refractivity (Wildman–Crippen MR) is 80.3 cm³/mol. The third-order valence-corrected chi connectivity index (χ3v) is 4.55. The molecule has 0 aliphatic heterocycles. The normalized spacial score (nSPS) is 11.2. The second kappa shape index (κ2) is 6.07. The maximum absolute atomic E-state index is 13.7. The van der Waals surface area contributed by atoms with Gasteiger partial charge in [0.1, 0.15) is 15.7 Å². The Kier molecular flexibility index (Phi) is 4.55. The lowest BCUT2D eigenvalue weighted by Gasteiger charge is -2.09. The van der Waals surface area contributed by atoms with E-state index in [4.69, 9.17) is 23.2 Å². The Hall–Kier alpha value is -1.90. The second-order valence-electron chi connectivity index (χ2n) is 4.10. The highest BCUT2D eigenvalue weighted by atomic mass is 35.5. The van der Waals surface area contributed by atoms with Gasteiger partial charge in [-0.25, -0.2) is 12.8 Å². The zero-order valence-electron chi connectivity index (χ0n) is 10.6. The summed E-state index contributed by atoms with van der Waals surface area (Å²) < 4.78 is 39.9. The summed E-state index contributed by atoms with van der Waals surface area (Å²) in [5.74, 6) is -1.04. The number of nitro groups is 1. The van der Waals surface area contributed by atoms with Crippen molar-refractivity contribution in [2.24, 2.45) is 0 Å². The van der Waals surface area contributed by atoms with Crippen LogP contribution in [0.15, 0.2) is 41.3 Å². The van der Waals surface area contributed by atoms with E-state index in [1.807, 2.05) is 4.72 Å². The van der Waals surface area contributed by atoms with E-state index in [0.29, 0.717) is 0 Å². The summed E-state index contributed by atoms with van der Waals surface area (Å²) in [6, 6.07) is 6.37. The molecule has 22 heavy (non-hydrogen) atoms. The number of anilines is 1. The minimum Gasteiger partial charge on any atom is -0.279 e. The van der Waals surface area contributed by atoms with Crippen molar-refractivity contribution in [1.82, 2.24) is 0 Å². The van der Waals surface area contributed by atoms with Crippen molar-refractivity contribution in [1.29, 1.82) is 0 Å². The van der Waals surface area contributed by atoms with Crippen molar-refractivity contribution in [2.75, 3.05) is 4.72 Å². The lowest BCUT2D eigenvalue weighted by atomic mass is 10.3. The molecule has 2 rings (SSSR count). The van der Waals surface area contributed by atoms with Gasteiger partial charge in [0.15, 0.2) is 0 Å². The van der Waals surface area contributed by atoms with Crippen molar-refractivity contribution in [3.8, 4) is 0 Å². The quantitative estimate of drug-likeness (QED) is 0.659. The van der Waals surface area contributed by atoms with Crippen LogP contribution < -0.4 is 4.72 Å². The molecule has 0 radical (unpaired) electrons. The molecule has 2 aromatic rings. The molecule has 6 nitrogen and oxygen atoms in total. The Labute approximate surface area is 134 Å². The highest BCUT2D eigenvalue weighted by molar-refractivity contribution is 7.92. The molecule has 0 saturated heterocycles. The number of sulfonamides is 1. The van der Waals surface area contributed by atoms with Crippen LogP contribution in [0.3, 0.4) is 0 Å². The summed E-state index contributed by atoms with van der Waals surface area (Å²) in [6.45, 7) is 0. The van der Waals surface area contributed by atoms with E-state index in [-0.39, 0.29) is 15.7 Å². The van der Waals surface area contributed by atoms with Crippen LogP contribution in [0.5, 0.6) is 0 Å². The molecule has 0 aliphatic rings. The van der Waals surface area contributed by atoms with Crippen molar-refractivity contribution in [3.05, 3.63) is 62.4 Å². The maximum atomic E-state index is 13.7. The average Bonchev–Trinajstić information content (AvgIpc) is 2.39. The first-order chi connectivity index (χ1) is 10.2. The molecule has 0 aromatic heterocycles. The van der Waals surface area contributed by atoms with E-state index in [2.05, 4.69) is 0 Å². The van der Waals surface area contributed by atoms with Crippen molar-refractivity contribution >= 4 is 44.6 Å². The van der Waals surface area contributed by atoms with Gasteiger partial charge in [-0.15, -0.1) is 0 Å². The topological polar surface area (TPSA) is 89.3 Å². The van der Waals surface area contributed by atoms with Crippen LogP contribution in [0, 0.1) is 15.9 Å². The van der Waals surface area contributed by atoms with Gasteiger partial charge in [0.05, 0.1) is 10.6 Å². The third kappa shape index (κ3) is 3.46. The number of hydrogen-bond donors (Lipinski definition) is 1. The Bertz CT molecular complexity index is 858. The first kappa shape index (κ1) is 16.5. The molecule has 0 amide bonds. The summed E-state index contributed by atoms with van der Waals surface area (Å²) in [7, 11) is -4.27. The largest absolute Gasteiger partial charge is 0.289 e. The van der Waals surface area contributed by atoms with E-state index >= 15 is 0 Å². The zero-order valence-corrected chi connectivity index (χ0v) is 12.9. The lowest BCUT2D eigenvalue weighted by molar-refractivity contribution is -0.384. The fourth-order valence-corrected chi connectivity index (χ4v) is 3.07. The second-order valence-corrected chi connectivity index (χ2v) is 6.60. The molecule has 0 aliphatic carbocycles. The third-order valence-electron chi connectivity index (χ3n) is 2.58. The van der Waals surface area contributed by atoms with E-state index in [1.54, 1.807) is 0 Å². The number of hydrogen-bond acceptors (Lipinski definition) is 4. The fraction of sp³-hybridized carbons (Fsp3) is 0. The molecule has 1 N–H and O–H groups in total. The lowest BCUT2D eigenvalue weighted by Crippen LogP contribution is -2.14. The van der Waals surface area contributed by atoms with E-state index < -0.39 is 31.3 Å². The standard InChI is InChI=1S/C12H7Cl2FN2O4S/c13-7-1-4-12(10(15)5-7)22(20,21)16-8-2-3-9(14)11(6-8)17(18)19/h1-6,16H. The highest BCUT2D eigenvalue weighted by Crippen LogP contribution is 2.29. The fourth-order valence-electron chi connectivity index (χ4n) is 1.62. The van der Waals surface area contributed by atoms with Gasteiger partial charge in [0.2, 0.25) is 0 Å². The maximum Gasteiger partial charge on any atom is 0.289 e. The minimum absolute atomic E-state index is 0.0404. The van der Waals surface area contributed by atoms with Crippen LogP contribution in [-0.4, -0.2) is 13.3 Å². The van der Waals surface area contributed by atoms with Crippen molar-refractivity contribution in [2.45, 2.75) is 4.90 Å². The number of halogens is 3. The van der Waals surface area contributed by atoms with Gasteiger partial charge >= 0.3 is 0 Å². The van der Waals surface area contributed by atoms with E-state index in [9.17, 15) is 22.9 Å². The zero-order chi connectivity index (χ0) is 16.5. The molecule has 0 atom stereocenters. The Morgan fingerprint density at radius 3 is 2.41 bits per heavy atom. The van der Waals surface area contributed by atoms with Crippen LogP contribution in [-0.2, 0) is 10.0 Å². The van der Waals surface area contributed by atoms with Crippen LogP contribution in [0.1, 0.15) is 0 Å². The molecular weight excluding hydrogens is 358 g/mol. The van der Waals surface area contributed by atoms with Crippen LogP contribution >= 0.6 is 23.2 Å². The Morgan fingerprint density at radius 1 is 1.14 bits per heavy atom. The van der Waals surface area contributed by atoms with Gasteiger partial charge in [-0.1, -0.05) is 23.2 Å². The molecule has 116 valence electrons. The van der Waals surface area contributed by atoms with Gasteiger partial charge in [0, 0.05) is 11.1 Å². The van der Waals surface area contributed by atoms with Crippen LogP contribution in [0.4, 0.5) is 15.8 Å². The van der Waals surface area contributed by atoms with E-state index in [1.165, 1.54) is 12.1 Å². The van der Waals surface area contributed by atoms with Crippen LogP contribution in [0.2, 0.25) is 10.0 Å². The molecule has 0 fully saturated rings. The molecule has 0 spiro atoms. The summed E-state index contributed by atoms with van der Waals surface area (Å²) >= 11 is 11.2. The molecule has 0 unspecified atom stereocenters. The van der Waals surface area contributed by atoms with Crippen LogP contribution in [0.25, 0.3) is 0 Å². The van der Waals surface area contributed by atoms with Gasteiger partial charge < -0.3 is 0 Å². The number of benzene rings is 2. The van der Waals surface area contributed by atoms with Gasteiger partial charge in [-0.3, -0.25) is 14.8 Å². The monoisotopic (exact) mass is 364 g/mol. The van der Waals surface area contributed by atoms with Gasteiger partial charge in [-0.2, -0.15) is 0 Å². The molecule has 0 heterocycles. The Morgan fingerprint density at radius 2 is 1.82 bits per heavy atom. The van der Waals surface area contributed by atoms with Gasteiger partial charge in [-0.05, 0) is 30.3 Å².